The molecular weight excluding hydrogens is 572 g/mol. The van der Waals surface area contributed by atoms with Crippen molar-refractivity contribution in [2.45, 2.75) is 0 Å². The molecule has 0 atom stereocenters. The first-order valence-corrected chi connectivity index (χ1v) is 13.2. The summed E-state index contributed by atoms with van der Waals surface area (Å²) in [4.78, 5) is 30.6. The van der Waals surface area contributed by atoms with Gasteiger partial charge >= 0.3 is 0 Å². The lowest BCUT2D eigenvalue weighted by Crippen LogP contribution is -2.29. The molecule has 6 rings (SSSR count). The van der Waals surface area contributed by atoms with E-state index in [9.17, 15) is 14.0 Å². The minimum absolute atomic E-state index is 0.0165. The van der Waals surface area contributed by atoms with Crippen LogP contribution in [-0.4, -0.2) is 39.3 Å². The van der Waals surface area contributed by atoms with Crippen LogP contribution < -0.4 is 25.1 Å². The van der Waals surface area contributed by atoms with Gasteiger partial charge in [-0.2, -0.15) is 5.10 Å². The fraction of sp³-hybridized carbons (Fsp3) is 0.0625. The van der Waals surface area contributed by atoms with Gasteiger partial charge in [0.1, 0.15) is 22.6 Å². The van der Waals surface area contributed by atoms with Crippen LogP contribution >= 0.6 is 0 Å². The van der Waals surface area contributed by atoms with Crippen LogP contribution in [-0.2, 0) is 0 Å². The summed E-state index contributed by atoms with van der Waals surface area (Å²) < 4.78 is 48.0. The molecule has 220 valence electrons. The number of benzene rings is 2. The Morgan fingerprint density at radius 3 is 2.41 bits per heavy atom. The van der Waals surface area contributed by atoms with Gasteiger partial charge in [0.25, 0.3) is 11.5 Å². The molecule has 0 aliphatic rings. The molecular formula is C32H23F2N5O5. The first kappa shape index (κ1) is 28.1. The molecule has 0 radical (unpaired) electrons. The predicted octanol–water partition coefficient (Wildman–Crippen LogP) is 5.89. The zero-order valence-corrected chi connectivity index (χ0v) is 23.3. The molecule has 4 heterocycles. The maximum Gasteiger partial charge on any atom is 0.271 e. The largest absolute Gasteiger partial charge is 0.496 e. The van der Waals surface area contributed by atoms with E-state index < -0.39 is 23.1 Å². The normalized spacial score (nSPS) is 10.9. The van der Waals surface area contributed by atoms with Crippen molar-refractivity contribution in [2.75, 3.05) is 19.5 Å². The molecule has 1 amide bonds. The number of aromatic nitrogens is 4. The third-order valence-corrected chi connectivity index (χ3v) is 6.79. The summed E-state index contributed by atoms with van der Waals surface area (Å²) in [6.07, 6.45) is 6.30. The molecule has 44 heavy (non-hydrogen) atoms. The first-order chi connectivity index (χ1) is 21.4. The number of carbonyl (C=O) groups excluding carboxylic acids is 1. The van der Waals surface area contributed by atoms with E-state index in [-0.39, 0.29) is 22.7 Å². The van der Waals surface area contributed by atoms with E-state index in [2.05, 4.69) is 15.4 Å². The van der Waals surface area contributed by atoms with Gasteiger partial charge in [0.15, 0.2) is 17.3 Å². The second kappa shape index (κ2) is 11.7. The Hall–Kier alpha value is -6.04. The average Bonchev–Trinajstić information content (AvgIpc) is 3.48. The molecule has 0 saturated carbocycles. The zero-order valence-electron chi connectivity index (χ0n) is 23.3. The number of fused-ring (bicyclic) bond motifs is 1. The summed E-state index contributed by atoms with van der Waals surface area (Å²) in [5, 5.41) is 6.86. The topological polar surface area (TPSA) is 109 Å². The molecule has 6 aromatic rings. The summed E-state index contributed by atoms with van der Waals surface area (Å²) in [6.45, 7) is 0. The number of nitrogens with zero attached hydrogens (tertiary/aromatic N) is 4. The summed E-state index contributed by atoms with van der Waals surface area (Å²) in [5.41, 5.74) is 1.56. The maximum absolute atomic E-state index is 15.3. The molecule has 0 bridgehead atoms. The standard InChI is InChI=1S/C32H23F2N5O5/c1-42-26-12-15-38(22-6-3-20(33)4-7-22)32(41)29(26)31(40)37-21-5-8-25(24(34)18-21)44-27-10-14-36-39-16-11-23(30(27)39)19-9-13-35-28(17-19)43-2/h3-18H,1-2H3,(H,37,40). The van der Waals surface area contributed by atoms with Crippen LogP contribution in [0, 0.1) is 11.6 Å². The van der Waals surface area contributed by atoms with Crippen molar-refractivity contribution in [3.8, 4) is 39.9 Å². The van der Waals surface area contributed by atoms with E-state index in [0.29, 0.717) is 22.8 Å². The molecule has 0 aliphatic heterocycles. The number of methoxy groups -OCH3 is 2. The van der Waals surface area contributed by atoms with Gasteiger partial charge in [0.2, 0.25) is 5.88 Å². The Morgan fingerprint density at radius 2 is 1.66 bits per heavy atom. The average molecular weight is 596 g/mol. The van der Waals surface area contributed by atoms with Crippen molar-refractivity contribution < 1.29 is 27.8 Å². The van der Waals surface area contributed by atoms with Gasteiger partial charge in [0.05, 0.1) is 20.4 Å². The smallest absolute Gasteiger partial charge is 0.271 e. The van der Waals surface area contributed by atoms with E-state index in [0.717, 1.165) is 17.2 Å². The van der Waals surface area contributed by atoms with Crippen molar-refractivity contribution in [1.82, 2.24) is 19.2 Å². The van der Waals surface area contributed by atoms with E-state index >= 15 is 4.39 Å². The second-order valence-electron chi connectivity index (χ2n) is 9.42. The van der Waals surface area contributed by atoms with Crippen molar-refractivity contribution in [2.24, 2.45) is 0 Å². The maximum atomic E-state index is 15.3. The van der Waals surface area contributed by atoms with Gasteiger partial charge < -0.3 is 19.5 Å². The fourth-order valence-corrected chi connectivity index (χ4v) is 4.70. The third-order valence-electron chi connectivity index (χ3n) is 6.79. The highest BCUT2D eigenvalue weighted by Crippen LogP contribution is 2.36. The lowest BCUT2D eigenvalue weighted by Gasteiger charge is -2.13. The summed E-state index contributed by atoms with van der Waals surface area (Å²) >= 11 is 0. The highest BCUT2D eigenvalue weighted by atomic mass is 19.1. The van der Waals surface area contributed by atoms with Gasteiger partial charge in [0, 0.05) is 53.7 Å². The number of pyridine rings is 2. The molecule has 0 fully saturated rings. The summed E-state index contributed by atoms with van der Waals surface area (Å²) in [5.74, 6) is -1.38. The SMILES string of the molecule is COc1cc(-c2ccn3nccc(Oc4ccc(NC(=O)c5c(OC)ccn(-c6ccc(F)cc6)c5=O)cc4F)c23)ccn1. The Kier molecular flexibility index (Phi) is 7.46. The Balaban J connectivity index is 1.28. The Bertz CT molecular complexity index is 2080. The van der Waals surface area contributed by atoms with Crippen molar-refractivity contribution >= 4 is 17.1 Å². The lowest BCUT2D eigenvalue weighted by molar-refractivity contribution is 0.102. The lowest BCUT2D eigenvalue weighted by atomic mass is 10.1. The molecule has 1 N–H and O–H groups in total. The molecule has 0 aliphatic carbocycles. The third kappa shape index (κ3) is 5.31. The molecule has 0 saturated heterocycles. The monoisotopic (exact) mass is 595 g/mol. The van der Waals surface area contributed by atoms with Crippen LogP contribution in [0.1, 0.15) is 10.4 Å². The van der Waals surface area contributed by atoms with Crippen LogP contribution in [0.4, 0.5) is 14.5 Å². The number of hydrogen-bond donors (Lipinski definition) is 1. The van der Waals surface area contributed by atoms with Gasteiger partial charge in [-0.05, 0) is 60.2 Å². The van der Waals surface area contributed by atoms with Crippen molar-refractivity contribution in [3.63, 3.8) is 0 Å². The fourth-order valence-electron chi connectivity index (χ4n) is 4.70. The number of anilines is 1. The van der Waals surface area contributed by atoms with E-state index in [1.165, 1.54) is 73.6 Å². The Labute approximate surface area is 248 Å². The minimum atomic E-state index is -0.821. The van der Waals surface area contributed by atoms with Crippen LogP contribution in [0.2, 0.25) is 0 Å². The molecule has 0 spiro atoms. The van der Waals surface area contributed by atoms with E-state index in [1.807, 2.05) is 12.1 Å². The van der Waals surface area contributed by atoms with Crippen LogP contribution in [0.25, 0.3) is 22.3 Å². The molecule has 4 aromatic heterocycles. The van der Waals surface area contributed by atoms with Gasteiger partial charge in [-0.25, -0.2) is 18.3 Å². The molecule has 10 nitrogen and oxygen atoms in total. The number of hydrogen-bond acceptors (Lipinski definition) is 7. The van der Waals surface area contributed by atoms with Gasteiger partial charge in [-0.15, -0.1) is 0 Å². The first-order valence-electron chi connectivity index (χ1n) is 13.2. The number of rotatable bonds is 8. The van der Waals surface area contributed by atoms with Crippen LogP contribution in [0.15, 0.2) is 102 Å². The Morgan fingerprint density at radius 1 is 0.841 bits per heavy atom. The molecule has 2 aromatic carbocycles. The number of ether oxygens (including phenoxy) is 3. The summed E-state index contributed by atoms with van der Waals surface area (Å²) in [7, 11) is 2.84. The van der Waals surface area contributed by atoms with Gasteiger partial charge in [-0.1, -0.05) is 0 Å². The van der Waals surface area contributed by atoms with Crippen molar-refractivity contribution in [3.05, 3.63) is 125 Å². The molecule has 12 heteroatoms. The zero-order chi connectivity index (χ0) is 30.8. The quantitative estimate of drug-likeness (QED) is 0.234. The predicted molar refractivity (Wildman–Crippen MR) is 158 cm³/mol. The number of halogens is 2. The number of nitrogens with one attached hydrogen (secondary N) is 1. The molecule has 0 unspecified atom stereocenters. The number of carbonyl (C=O) groups is 1. The number of amides is 1. The highest BCUT2D eigenvalue weighted by molar-refractivity contribution is 6.06. The van der Waals surface area contributed by atoms with Gasteiger partial charge in [-0.3, -0.25) is 14.2 Å². The summed E-state index contributed by atoms with van der Waals surface area (Å²) in [6, 6.07) is 17.5. The van der Waals surface area contributed by atoms with E-state index in [4.69, 9.17) is 14.2 Å². The van der Waals surface area contributed by atoms with E-state index in [1.54, 1.807) is 29.0 Å². The van der Waals surface area contributed by atoms with Crippen molar-refractivity contribution in [1.29, 1.82) is 0 Å². The minimum Gasteiger partial charge on any atom is -0.496 e. The van der Waals surface area contributed by atoms with Crippen LogP contribution in [0.3, 0.4) is 0 Å². The highest BCUT2D eigenvalue weighted by Gasteiger charge is 2.21. The van der Waals surface area contributed by atoms with Crippen LogP contribution in [0.5, 0.6) is 23.1 Å². The second-order valence-corrected chi connectivity index (χ2v) is 9.42.